The molecule has 5 rings (SSSR count). The van der Waals surface area contributed by atoms with Crippen LogP contribution in [0.3, 0.4) is 0 Å². The Morgan fingerprint density at radius 2 is 1.65 bits per heavy atom. The monoisotopic (exact) mass is 508 g/mol. The molecule has 37 heavy (non-hydrogen) atoms. The van der Waals surface area contributed by atoms with E-state index in [1.807, 2.05) is 24.1 Å². The highest BCUT2D eigenvalue weighted by Gasteiger charge is 2.34. The largest absolute Gasteiger partial charge is 0.416 e. The lowest BCUT2D eigenvalue weighted by Gasteiger charge is -2.27. The molecule has 0 bridgehead atoms. The number of nitrogens with zero attached hydrogens (tertiary/aromatic N) is 4. The lowest BCUT2D eigenvalue weighted by Crippen LogP contribution is -2.30. The van der Waals surface area contributed by atoms with E-state index >= 15 is 0 Å². The molecule has 0 radical (unpaired) electrons. The van der Waals surface area contributed by atoms with Crippen LogP contribution >= 0.6 is 0 Å². The summed E-state index contributed by atoms with van der Waals surface area (Å²) in [6, 6.07) is 10.5. The molecule has 1 aliphatic rings. The molecular weight excluding hydrogens is 481 g/mol. The molecule has 2 N–H and O–H groups in total. The average molecular weight is 509 g/mol. The van der Waals surface area contributed by atoms with Crippen LogP contribution < -0.4 is 10.6 Å². The molecule has 1 aliphatic heterocycles. The zero-order valence-corrected chi connectivity index (χ0v) is 20.3. The van der Waals surface area contributed by atoms with Gasteiger partial charge in [0.15, 0.2) is 0 Å². The Hall–Kier alpha value is -3.92. The number of likely N-dealkylation sites (tertiary alicyclic amines) is 1. The molecule has 1 saturated heterocycles. The first kappa shape index (κ1) is 24.8. The molecule has 7 nitrogen and oxygen atoms in total. The number of halogens is 3. The van der Waals surface area contributed by atoms with Crippen molar-refractivity contribution in [3.8, 4) is 11.1 Å². The van der Waals surface area contributed by atoms with Crippen LogP contribution in [-0.4, -0.2) is 38.8 Å². The van der Waals surface area contributed by atoms with Gasteiger partial charge in [-0.25, -0.2) is 4.79 Å². The number of carbonyl (C=O) groups excluding carboxylic acids is 1. The van der Waals surface area contributed by atoms with Gasteiger partial charge < -0.3 is 10.6 Å². The highest BCUT2D eigenvalue weighted by atomic mass is 19.4. The number of urea groups is 1. The first-order chi connectivity index (χ1) is 17.8. The van der Waals surface area contributed by atoms with Crippen molar-refractivity contribution >= 4 is 28.3 Å². The number of aromatic nitrogens is 3. The molecule has 2 amide bonds. The van der Waals surface area contributed by atoms with E-state index in [4.69, 9.17) is 0 Å². The molecule has 1 fully saturated rings. The summed E-state index contributed by atoms with van der Waals surface area (Å²) in [7, 11) is 1.85. The molecule has 2 aromatic carbocycles. The van der Waals surface area contributed by atoms with Gasteiger partial charge in [0.05, 0.1) is 23.5 Å². The Balaban J connectivity index is 1.27. The van der Waals surface area contributed by atoms with Crippen LogP contribution in [0.4, 0.5) is 29.3 Å². The SMILES string of the molecule is Cn1ncc2c(-c3ccc(NC(=O)Nc4ccc(CN5CCCCC5)c(C(F)(F)F)c4)cc3)cncc21. The first-order valence-corrected chi connectivity index (χ1v) is 12.1. The van der Waals surface area contributed by atoms with E-state index in [1.165, 1.54) is 12.1 Å². The number of hydrogen-bond acceptors (Lipinski definition) is 4. The smallest absolute Gasteiger partial charge is 0.308 e. The zero-order chi connectivity index (χ0) is 26.0. The van der Waals surface area contributed by atoms with Gasteiger partial charge in [0.25, 0.3) is 0 Å². The molecule has 10 heteroatoms. The first-order valence-electron chi connectivity index (χ1n) is 12.1. The molecule has 4 aromatic rings. The van der Waals surface area contributed by atoms with E-state index in [-0.39, 0.29) is 17.8 Å². The van der Waals surface area contributed by atoms with Crippen molar-refractivity contribution in [1.82, 2.24) is 19.7 Å². The summed E-state index contributed by atoms with van der Waals surface area (Å²) in [4.78, 5) is 18.9. The van der Waals surface area contributed by atoms with Crippen LogP contribution in [0.25, 0.3) is 22.0 Å². The maximum atomic E-state index is 13.8. The quantitative estimate of drug-likeness (QED) is 0.333. The third-order valence-electron chi connectivity index (χ3n) is 6.64. The minimum atomic E-state index is -4.51. The van der Waals surface area contributed by atoms with E-state index in [0.29, 0.717) is 5.69 Å². The summed E-state index contributed by atoms with van der Waals surface area (Å²) < 4.78 is 43.1. The van der Waals surface area contributed by atoms with Gasteiger partial charge in [0.1, 0.15) is 0 Å². The topological polar surface area (TPSA) is 75.1 Å². The standard InChI is InChI=1S/C27H27F3N6O/c1-35-25-16-31-14-22(23(25)15-32-35)18-5-8-20(9-6-18)33-26(37)34-21-10-7-19(24(13-21)27(28,29)30)17-36-11-3-2-4-12-36/h5-10,13-16H,2-4,11-12,17H2,1H3,(H2,33,34,37). The number of piperidine rings is 1. The van der Waals surface area contributed by atoms with Crippen LogP contribution in [0.15, 0.2) is 61.1 Å². The minimum Gasteiger partial charge on any atom is -0.308 e. The number of nitrogens with one attached hydrogen (secondary N) is 2. The number of hydrogen-bond donors (Lipinski definition) is 2. The fourth-order valence-electron chi connectivity index (χ4n) is 4.73. The molecule has 0 saturated carbocycles. The second kappa shape index (κ2) is 10.2. The van der Waals surface area contributed by atoms with Gasteiger partial charge in [-0.05, 0) is 61.3 Å². The summed E-state index contributed by atoms with van der Waals surface area (Å²) in [6.07, 6.45) is 3.88. The maximum Gasteiger partial charge on any atom is 0.416 e. The van der Waals surface area contributed by atoms with Crippen molar-refractivity contribution in [3.63, 3.8) is 0 Å². The summed E-state index contributed by atoms with van der Waals surface area (Å²) in [6.45, 7) is 1.84. The molecule has 0 spiro atoms. The normalized spacial score (nSPS) is 14.6. The van der Waals surface area contributed by atoms with Crippen LogP contribution in [0.1, 0.15) is 30.4 Å². The van der Waals surface area contributed by atoms with Gasteiger partial charge in [0, 0.05) is 42.1 Å². The van der Waals surface area contributed by atoms with E-state index in [1.54, 1.807) is 35.4 Å². The molecule has 3 heterocycles. The lowest BCUT2D eigenvalue weighted by molar-refractivity contribution is -0.138. The van der Waals surface area contributed by atoms with Gasteiger partial charge in [-0.15, -0.1) is 0 Å². The lowest BCUT2D eigenvalue weighted by atomic mass is 10.0. The molecule has 0 aliphatic carbocycles. The predicted molar refractivity (Wildman–Crippen MR) is 137 cm³/mol. The Bertz CT molecular complexity index is 1410. The van der Waals surface area contributed by atoms with E-state index in [2.05, 4.69) is 20.7 Å². The van der Waals surface area contributed by atoms with Crippen molar-refractivity contribution < 1.29 is 18.0 Å². The fourth-order valence-corrected chi connectivity index (χ4v) is 4.73. The second-order valence-corrected chi connectivity index (χ2v) is 9.25. The average Bonchev–Trinajstić information content (AvgIpc) is 3.26. The van der Waals surface area contributed by atoms with Crippen molar-refractivity contribution in [2.45, 2.75) is 32.0 Å². The van der Waals surface area contributed by atoms with Gasteiger partial charge in [-0.1, -0.05) is 24.6 Å². The highest BCUT2D eigenvalue weighted by Crippen LogP contribution is 2.35. The molecule has 2 aromatic heterocycles. The fraction of sp³-hybridized carbons (Fsp3) is 0.296. The predicted octanol–water partition coefficient (Wildman–Crippen LogP) is 6.28. The summed E-state index contributed by atoms with van der Waals surface area (Å²) in [5.74, 6) is 0. The Kier molecular flexibility index (Phi) is 6.84. The van der Waals surface area contributed by atoms with Gasteiger partial charge in [0.2, 0.25) is 0 Å². The van der Waals surface area contributed by atoms with Crippen molar-refractivity contribution in [1.29, 1.82) is 0 Å². The third-order valence-corrected chi connectivity index (χ3v) is 6.64. The Morgan fingerprint density at radius 3 is 2.38 bits per heavy atom. The van der Waals surface area contributed by atoms with Crippen LogP contribution in [0.2, 0.25) is 0 Å². The third kappa shape index (κ3) is 5.59. The number of aryl methyl sites for hydroxylation is 1. The zero-order valence-electron chi connectivity index (χ0n) is 20.3. The van der Waals surface area contributed by atoms with E-state index in [9.17, 15) is 18.0 Å². The van der Waals surface area contributed by atoms with Crippen molar-refractivity contribution in [3.05, 3.63) is 72.2 Å². The molecular formula is C27H27F3N6O. The Morgan fingerprint density at radius 1 is 0.946 bits per heavy atom. The number of benzene rings is 2. The summed E-state index contributed by atoms with van der Waals surface area (Å²) in [5.41, 5.74) is 2.79. The summed E-state index contributed by atoms with van der Waals surface area (Å²) in [5, 5.41) is 10.4. The second-order valence-electron chi connectivity index (χ2n) is 9.25. The number of anilines is 2. The van der Waals surface area contributed by atoms with Crippen molar-refractivity contribution in [2.75, 3.05) is 23.7 Å². The van der Waals surface area contributed by atoms with Crippen molar-refractivity contribution in [2.24, 2.45) is 7.05 Å². The van der Waals surface area contributed by atoms with Gasteiger partial charge in [-0.3, -0.25) is 14.6 Å². The number of amides is 2. The summed E-state index contributed by atoms with van der Waals surface area (Å²) >= 11 is 0. The molecule has 0 unspecified atom stereocenters. The number of carbonyl (C=O) groups is 1. The Labute approximate surface area is 212 Å². The van der Waals surface area contributed by atoms with E-state index < -0.39 is 17.8 Å². The molecule has 192 valence electrons. The molecule has 0 atom stereocenters. The van der Waals surface area contributed by atoms with Gasteiger partial charge >= 0.3 is 12.2 Å². The van der Waals surface area contributed by atoms with E-state index in [0.717, 1.165) is 60.4 Å². The van der Waals surface area contributed by atoms with Gasteiger partial charge in [-0.2, -0.15) is 18.3 Å². The number of alkyl halides is 3. The number of pyridine rings is 1. The maximum absolute atomic E-state index is 13.8. The highest BCUT2D eigenvalue weighted by molar-refractivity contribution is 6.00. The van der Waals surface area contributed by atoms with Crippen LogP contribution in [0, 0.1) is 0 Å². The van der Waals surface area contributed by atoms with Crippen LogP contribution in [-0.2, 0) is 19.8 Å². The minimum absolute atomic E-state index is 0.0816. The number of rotatable bonds is 5. The van der Waals surface area contributed by atoms with Crippen LogP contribution in [0.5, 0.6) is 0 Å². The number of fused-ring (bicyclic) bond motifs is 1.